The van der Waals surface area contributed by atoms with Crippen LogP contribution in [-0.2, 0) is 21.1 Å². The highest BCUT2D eigenvalue weighted by molar-refractivity contribution is 7.91. The van der Waals surface area contributed by atoms with E-state index < -0.39 is 27.3 Å². The molecule has 0 atom stereocenters. The van der Waals surface area contributed by atoms with E-state index in [-0.39, 0.29) is 54.7 Å². The number of amides is 1. The molecule has 0 aliphatic carbocycles. The topological polar surface area (TPSA) is 63.2 Å². The van der Waals surface area contributed by atoms with Crippen LogP contribution in [0.4, 0.5) is 13.2 Å². The zero-order valence-corrected chi connectivity index (χ0v) is 12.6. The van der Waals surface area contributed by atoms with Gasteiger partial charge in [0.2, 0.25) is 5.91 Å². The first-order chi connectivity index (χ1) is 10.3. The number of halogens is 3. The molecule has 22 heavy (non-hydrogen) atoms. The van der Waals surface area contributed by atoms with Crippen molar-refractivity contribution in [2.45, 2.75) is 19.3 Å². The number of carbonyl (C=O) groups excluding carboxylic acids is 1. The predicted octanol–water partition coefficient (Wildman–Crippen LogP) is 1.59. The Morgan fingerprint density at radius 1 is 1.14 bits per heavy atom. The summed E-state index contributed by atoms with van der Waals surface area (Å²) >= 11 is 0. The summed E-state index contributed by atoms with van der Waals surface area (Å²) < 4.78 is 61.8. The Morgan fingerprint density at radius 3 is 2.41 bits per heavy atom. The number of benzene rings is 1. The van der Waals surface area contributed by atoms with E-state index in [4.69, 9.17) is 0 Å². The van der Waals surface area contributed by atoms with Crippen molar-refractivity contribution >= 4 is 15.7 Å². The maximum atomic E-state index is 13.4. The first-order valence-corrected chi connectivity index (χ1v) is 8.73. The van der Waals surface area contributed by atoms with Gasteiger partial charge in [-0.2, -0.15) is 0 Å². The summed E-state index contributed by atoms with van der Waals surface area (Å²) in [5.74, 6) is -4.73. The van der Waals surface area contributed by atoms with Gasteiger partial charge in [-0.05, 0) is 30.9 Å². The van der Waals surface area contributed by atoms with Gasteiger partial charge in [-0.25, -0.2) is 21.6 Å². The molecule has 1 aliphatic rings. The van der Waals surface area contributed by atoms with Gasteiger partial charge < -0.3 is 5.32 Å². The van der Waals surface area contributed by atoms with Crippen LogP contribution in [-0.4, -0.2) is 32.4 Å². The lowest BCUT2D eigenvalue weighted by Gasteiger charge is -2.21. The molecule has 8 heteroatoms. The second kappa shape index (κ2) is 6.68. The van der Waals surface area contributed by atoms with Crippen molar-refractivity contribution in [2.24, 2.45) is 5.92 Å². The van der Waals surface area contributed by atoms with Gasteiger partial charge >= 0.3 is 0 Å². The fourth-order valence-electron chi connectivity index (χ4n) is 2.38. The van der Waals surface area contributed by atoms with E-state index in [0.717, 1.165) is 12.1 Å². The van der Waals surface area contributed by atoms with Gasteiger partial charge in [0.25, 0.3) is 0 Å². The van der Waals surface area contributed by atoms with Crippen molar-refractivity contribution in [2.75, 3.05) is 18.1 Å². The molecular weight excluding hydrogens is 319 g/mol. The summed E-state index contributed by atoms with van der Waals surface area (Å²) in [4.78, 5) is 11.9. The summed E-state index contributed by atoms with van der Waals surface area (Å²) in [6.07, 6.45) is 0.571. The molecule has 1 heterocycles. The summed E-state index contributed by atoms with van der Waals surface area (Å²) in [5.41, 5.74) is -0.0228. The Balaban J connectivity index is 1.84. The fraction of sp³-hybridized carbons (Fsp3) is 0.500. The highest BCUT2D eigenvalue weighted by atomic mass is 32.2. The molecule has 0 bridgehead atoms. The van der Waals surface area contributed by atoms with Crippen LogP contribution in [0.1, 0.15) is 18.4 Å². The molecule has 1 saturated heterocycles. The third-order valence-electron chi connectivity index (χ3n) is 3.73. The Bertz CT molecular complexity index is 662. The van der Waals surface area contributed by atoms with Crippen molar-refractivity contribution in [3.8, 4) is 0 Å². The smallest absolute Gasteiger partial charge is 0.223 e. The molecule has 0 radical (unpaired) electrons. The standard InChI is InChI=1S/C14H16F3NO3S/c15-11-2-1-9(12(16)13(11)17)3-6-18-14(19)10-4-7-22(20,21)8-5-10/h1-2,10H,3-8H2,(H,18,19). The number of carbonyl (C=O) groups is 1. The summed E-state index contributed by atoms with van der Waals surface area (Å²) in [6, 6.07) is 1.97. The number of hydrogen-bond acceptors (Lipinski definition) is 3. The molecule has 1 aromatic rings. The highest BCUT2D eigenvalue weighted by Crippen LogP contribution is 2.19. The summed E-state index contributed by atoms with van der Waals surface area (Å²) in [7, 11) is -3.03. The minimum Gasteiger partial charge on any atom is -0.356 e. The molecular formula is C14H16F3NO3S. The van der Waals surface area contributed by atoms with Gasteiger partial charge in [-0.15, -0.1) is 0 Å². The Labute approximate surface area is 126 Å². The quantitative estimate of drug-likeness (QED) is 0.850. The molecule has 0 saturated carbocycles. The van der Waals surface area contributed by atoms with E-state index in [0.29, 0.717) is 0 Å². The van der Waals surface area contributed by atoms with Gasteiger partial charge in [0, 0.05) is 12.5 Å². The zero-order chi connectivity index (χ0) is 16.3. The largest absolute Gasteiger partial charge is 0.356 e. The van der Waals surface area contributed by atoms with Crippen LogP contribution in [0, 0.1) is 23.4 Å². The molecule has 0 aromatic heterocycles. The van der Waals surface area contributed by atoms with Gasteiger partial charge in [0.05, 0.1) is 11.5 Å². The first kappa shape index (κ1) is 16.8. The molecule has 1 amide bonds. The van der Waals surface area contributed by atoms with Gasteiger partial charge in [0.15, 0.2) is 17.5 Å². The van der Waals surface area contributed by atoms with Crippen LogP contribution in [0.2, 0.25) is 0 Å². The van der Waals surface area contributed by atoms with Crippen molar-refractivity contribution in [3.63, 3.8) is 0 Å². The lowest BCUT2D eigenvalue weighted by Crippen LogP contribution is -2.37. The highest BCUT2D eigenvalue weighted by Gasteiger charge is 2.28. The van der Waals surface area contributed by atoms with E-state index in [1.165, 1.54) is 0 Å². The summed E-state index contributed by atoms with van der Waals surface area (Å²) in [6.45, 7) is 0.0735. The van der Waals surface area contributed by atoms with E-state index in [9.17, 15) is 26.4 Å². The van der Waals surface area contributed by atoms with Crippen LogP contribution < -0.4 is 5.32 Å². The monoisotopic (exact) mass is 335 g/mol. The fourth-order valence-corrected chi connectivity index (χ4v) is 3.87. The number of nitrogens with one attached hydrogen (secondary N) is 1. The maximum Gasteiger partial charge on any atom is 0.223 e. The SMILES string of the molecule is O=C(NCCc1ccc(F)c(F)c1F)C1CCS(=O)(=O)CC1. The van der Waals surface area contributed by atoms with Crippen molar-refractivity contribution in [1.29, 1.82) is 0 Å². The predicted molar refractivity (Wildman–Crippen MR) is 74.4 cm³/mol. The second-order valence-corrected chi connectivity index (χ2v) is 7.61. The van der Waals surface area contributed by atoms with Crippen LogP contribution >= 0.6 is 0 Å². The Morgan fingerprint density at radius 2 is 1.77 bits per heavy atom. The second-order valence-electron chi connectivity index (χ2n) is 5.30. The summed E-state index contributed by atoms with van der Waals surface area (Å²) in [5, 5.41) is 2.57. The molecule has 0 unspecified atom stereocenters. The Kier molecular flexibility index (Phi) is 5.10. The number of sulfone groups is 1. The molecule has 1 N–H and O–H groups in total. The lowest BCUT2D eigenvalue weighted by atomic mass is 10.0. The van der Waals surface area contributed by atoms with Crippen molar-refractivity contribution in [1.82, 2.24) is 5.32 Å². The minimum atomic E-state index is -3.03. The van der Waals surface area contributed by atoms with Crippen molar-refractivity contribution in [3.05, 3.63) is 35.1 Å². The maximum absolute atomic E-state index is 13.4. The number of hydrogen-bond donors (Lipinski definition) is 1. The Hall–Kier alpha value is -1.57. The van der Waals surface area contributed by atoms with Gasteiger partial charge in [-0.1, -0.05) is 6.07 Å². The third-order valence-corrected chi connectivity index (χ3v) is 5.45. The third kappa shape index (κ3) is 4.00. The lowest BCUT2D eigenvalue weighted by molar-refractivity contribution is -0.125. The average molecular weight is 335 g/mol. The van der Waals surface area contributed by atoms with Crippen LogP contribution in [0.15, 0.2) is 12.1 Å². The van der Waals surface area contributed by atoms with Gasteiger partial charge in [-0.3, -0.25) is 4.79 Å². The molecule has 4 nitrogen and oxygen atoms in total. The molecule has 2 rings (SSSR count). The molecule has 122 valence electrons. The zero-order valence-electron chi connectivity index (χ0n) is 11.7. The molecule has 0 spiro atoms. The van der Waals surface area contributed by atoms with Crippen molar-refractivity contribution < 1.29 is 26.4 Å². The van der Waals surface area contributed by atoms with E-state index in [1.54, 1.807) is 0 Å². The van der Waals surface area contributed by atoms with E-state index in [1.807, 2.05) is 0 Å². The van der Waals surface area contributed by atoms with Crippen LogP contribution in [0.3, 0.4) is 0 Å². The minimum absolute atomic E-state index is 0.0110. The normalized spacial score (nSPS) is 18.1. The average Bonchev–Trinajstić information content (AvgIpc) is 2.47. The van der Waals surface area contributed by atoms with Crippen LogP contribution in [0.5, 0.6) is 0 Å². The van der Waals surface area contributed by atoms with Crippen LogP contribution in [0.25, 0.3) is 0 Å². The number of rotatable bonds is 4. The first-order valence-electron chi connectivity index (χ1n) is 6.90. The molecule has 1 aromatic carbocycles. The molecule has 1 fully saturated rings. The molecule has 1 aliphatic heterocycles. The van der Waals surface area contributed by atoms with Gasteiger partial charge in [0.1, 0.15) is 9.84 Å². The van der Waals surface area contributed by atoms with E-state index >= 15 is 0 Å². The van der Waals surface area contributed by atoms with E-state index in [2.05, 4.69) is 5.32 Å².